The van der Waals surface area contributed by atoms with Crippen LogP contribution in [0.25, 0.3) is 0 Å². The molecule has 1 saturated heterocycles. The van der Waals surface area contributed by atoms with Crippen LogP contribution in [0, 0.1) is 5.92 Å². The second-order valence-electron chi connectivity index (χ2n) is 7.52. The van der Waals surface area contributed by atoms with Crippen LogP contribution in [0.15, 0.2) is 24.3 Å². The van der Waals surface area contributed by atoms with E-state index in [9.17, 15) is 9.59 Å². The molecule has 1 aliphatic heterocycles. The van der Waals surface area contributed by atoms with Gasteiger partial charge >= 0.3 is 0 Å². The van der Waals surface area contributed by atoms with Crippen LogP contribution in [0.2, 0.25) is 0 Å². The molecular weight excluding hydrogens is 342 g/mol. The number of hydrogen-bond donors (Lipinski definition) is 2. The fourth-order valence-corrected chi connectivity index (χ4v) is 3.32. The van der Waals surface area contributed by atoms with E-state index in [4.69, 9.17) is 4.74 Å². The van der Waals surface area contributed by atoms with Crippen molar-refractivity contribution >= 4 is 11.8 Å². The molecule has 27 heavy (non-hydrogen) atoms. The van der Waals surface area contributed by atoms with Crippen LogP contribution in [0.3, 0.4) is 0 Å². The topological polar surface area (TPSA) is 70.7 Å². The summed E-state index contributed by atoms with van der Waals surface area (Å²) in [5, 5.41) is 5.60. The van der Waals surface area contributed by atoms with Crippen molar-refractivity contribution in [3.8, 4) is 0 Å². The smallest absolute Gasteiger partial charge is 0.239 e. The maximum absolute atomic E-state index is 12.1. The molecule has 0 aliphatic carbocycles. The van der Waals surface area contributed by atoms with Crippen molar-refractivity contribution in [1.82, 2.24) is 15.5 Å². The van der Waals surface area contributed by atoms with E-state index in [1.807, 2.05) is 32.0 Å². The lowest BCUT2D eigenvalue weighted by Crippen LogP contribution is -2.45. The van der Waals surface area contributed by atoms with E-state index in [2.05, 4.69) is 35.4 Å². The van der Waals surface area contributed by atoms with Gasteiger partial charge in [-0.25, -0.2) is 0 Å². The second kappa shape index (κ2) is 10.4. The standard InChI is InChI=1S/C21H33N3O3/c1-5-15(2)21(26)23-11-20(25)22-10-18-8-6-7-9-19(18)14-24-12-16(3)27-17(4)13-24/h6-9,15-17H,5,10-14H2,1-4H3,(H,22,25)(H,23,26). The third kappa shape index (κ3) is 6.96. The van der Waals surface area contributed by atoms with E-state index in [0.29, 0.717) is 6.54 Å². The molecule has 2 N–H and O–H groups in total. The summed E-state index contributed by atoms with van der Waals surface area (Å²) in [4.78, 5) is 26.2. The van der Waals surface area contributed by atoms with Crippen molar-refractivity contribution in [2.75, 3.05) is 19.6 Å². The minimum atomic E-state index is -0.171. The predicted molar refractivity (Wildman–Crippen MR) is 106 cm³/mol. The van der Waals surface area contributed by atoms with Crippen molar-refractivity contribution in [3.05, 3.63) is 35.4 Å². The molecule has 1 aromatic rings. The number of amides is 2. The zero-order valence-electron chi connectivity index (χ0n) is 17.0. The zero-order chi connectivity index (χ0) is 19.8. The monoisotopic (exact) mass is 375 g/mol. The fraction of sp³-hybridized carbons (Fsp3) is 0.619. The number of ether oxygens (including phenoxy) is 1. The van der Waals surface area contributed by atoms with E-state index >= 15 is 0 Å². The molecule has 2 amide bonds. The average Bonchev–Trinajstić information content (AvgIpc) is 2.63. The summed E-state index contributed by atoms with van der Waals surface area (Å²) in [5.41, 5.74) is 2.31. The zero-order valence-corrected chi connectivity index (χ0v) is 17.0. The van der Waals surface area contributed by atoms with Crippen LogP contribution >= 0.6 is 0 Å². The predicted octanol–water partition coefficient (Wildman–Crippen LogP) is 2.07. The van der Waals surface area contributed by atoms with Crippen molar-refractivity contribution < 1.29 is 14.3 Å². The van der Waals surface area contributed by atoms with Crippen molar-refractivity contribution in [1.29, 1.82) is 0 Å². The van der Waals surface area contributed by atoms with Crippen molar-refractivity contribution in [3.63, 3.8) is 0 Å². The highest BCUT2D eigenvalue weighted by atomic mass is 16.5. The lowest BCUT2D eigenvalue weighted by atomic mass is 10.1. The van der Waals surface area contributed by atoms with Crippen LogP contribution in [0.4, 0.5) is 0 Å². The Kier molecular flexibility index (Phi) is 8.25. The summed E-state index contributed by atoms with van der Waals surface area (Å²) in [6, 6.07) is 8.16. The molecular formula is C21H33N3O3. The number of benzene rings is 1. The molecule has 6 heteroatoms. The normalized spacial score (nSPS) is 21.5. The highest BCUT2D eigenvalue weighted by Crippen LogP contribution is 2.17. The van der Waals surface area contributed by atoms with Gasteiger partial charge in [-0.2, -0.15) is 0 Å². The molecule has 0 radical (unpaired) electrons. The molecule has 1 heterocycles. The van der Waals surface area contributed by atoms with Crippen molar-refractivity contribution in [2.45, 2.75) is 59.4 Å². The highest BCUT2D eigenvalue weighted by molar-refractivity contribution is 5.85. The third-order valence-electron chi connectivity index (χ3n) is 4.97. The van der Waals surface area contributed by atoms with Gasteiger partial charge < -0.3 is 15.4 Å². The summed E-state index contributed by atoms with van der Waals surface area (Å²) in [6.07, 6.45) is 1.23. The summed E-state index contributed by atoms with van der Waals surface area (Å²) in [6.45, 7) is 11.2. The number of rotatable bonds is 8. The number of morpholine rings is 1. The Labute approximate surface area is 162 Å². The van der Waals surface area contributed by atoms with Gasteiger partial charge in [-0.1, -0.05) is 38.1 Å². The highest BCUT2D eigenvalue weighted by Gasteiger charge is 2.22. The minimum Gasteiger partial charge on any atom is -0.373 e. The van der Waals surface area contributed by atoms with Gasteiger partial charge in [0.15, 0.2) is 0 Å². The largest absolute Gasteiger partial charge is 0.373 e. The van der Waals surface area contributed by atoms with Gasteiger partial charge in [0.05, 0.1) is 18.8 Å². The van der Waals surface area contributed by atoms with Gasteiger partial charge in [-0.15, -0.1) is 0 Å². The number of carbonyl (C=O) groups excluding carboxylic acids is 2. The SMILES string of the molecule is CCC(C)C(=O)NCC(=O)NCc1ccccc1CN1CC(C)OC(C)C1. The Bertz CT molecular complexity index is 625. The third-order valence-corrected chi connectivity index (χ3v) is 4.97. The first kappa shape index (κ1) is 21.4. The van der Waals surface area contributed by atoms with Gasteiger partial charge in [0.25, 0.3) is 0 Å². The molecule has 2 rings (SSSR count). The molecule has 0 aromatic heterocycles. The number of carbonyl (C=O) groups is 2. The van der Waals surface area contributed by atoms with Crippen molar-refractivity contribution in [2.24, 2.45) is 5.92 Å². The summed E-state index contributed by atoms with van der Waals surface area (Å²) >= 11 is 0. The number of hydrogen-bond acceptors (Lipinski definition) is 4. The lowest BCUT2D eigenvalue weighted by molar-refractivity contribution is -0.128. The molecule has 0 bridgehead atoms. The van der Waals surface area contributed by atoms with Gasteiger partial charge in [0.2, 0.25) is 11.8 Å². The Balaban J connectivity index is 1.86. The average molecular weight is 376 g/mol. The quantitative estimate of drug-likeness (QED) is 0.730. The minimum absolute atomic E-state index is 0.0177. The van der Waals surface area contributed by atoms with Crippen LogP contribution in [-0.2, 0) is 27.4 Å². The molecule has 3 unspecified atom stereocenters. The van der Waals surface area contributed by atoms with E-state index in [-0.39, 0.29) is 36.5 Å². The fourth-order valence-electron chi connectivity index (χ4n) is 3.32. The first-order valence-electron chi connectivity index (χ1n) is 9.88. The molecule has 6 nitrogen and oxygen atoms in total. The first-order valence-corrected chi connectivity index (χ1v) is 9.88. The Morgan fingerprint density at radius 3 is 2.41 bits per heavy atom. The maximum atomic E-state index is 12.1. The summed E-state index contributed by atoms with van der Waals surface area (Å²) in [7, 11) is 0. The molecule has 0 spiro atoms. The van der Waals surface area contributed by atoms with E-state index < -0.39 is 0 Å². The molecule has 1 aromatic carbocycles. The van der Waals surface area contributed by atoms with Crippen LogP contribution in [0.5, 0.6) is 0 Å². The Morgan fingerprint density at radius 2 is 1.78 bits per heavy atom. The van der Waals surface area contributed by atoms with Gasteiger partial charge in [0.1, 0.15) is 0 Å². The van der Waals surface area contributed by atoms with E-state index in [1.54, 1.807) is 0 Å². The van der Waals surface area contributed by atoms with Gasteiger partial charge in [-0.05, 0) is 31.4 Å². The van der Waals surface area contributed by atoms with Gasteiger partial charge in [-0.3, -0.25) is 14.5 Å². The van der Waals surface area contributed by atoms with Crippen LogP contribution < -0.4 is 10.6 Å². The van der Waals surface area contributed by atoms with Gasteiger partial charge in [0, 0.05) is 32.1 Å². The molecule has 0 saturated carbocycles. The summed E-state index contributed by atoms with van der Waals surface area (Å²) < 4.78 is 5.80. The van der Waals surface area contributed by atoms with Crippen LogP contribution in [-0.4, -0.2) is 48.6 Å². The summed E-state index contributed by atoms with van der Waals surface area (Å²) in [5.74, 6) is -0.324. The number of nitrogens with one attached hydrogen (secondary N) is 2. The molecule has 150 valence electrons. The maximum Gasteiger partial charge on any atom is 0.239 e. The van der Waals surface area contributed by atoms with E-state index in [1.165, 1.54) is 5.56 Å². The Morgan fingerprint density at radius 1 is 1.15 bits per heavy atom. The second-order valence-corrected chi connectivity index (χ2v) is 7.52. The molecule has 1 aliphatic rings. The number of nitrogens with zero attached hydrogens (tertiary/aromatic N) is 1. The lowest BCUT2D eigenvalue weighted by Gasteiger charge is -2.35. The van der Waals surface area contributed by atoms with Crippen LogP contribution in [0.1, 0.15) is 45.2 Å². The Hall–Kier alpha value is -1.92. The first-order chi connectivity index (χ1) is 12.9. The molecule has 1 fully saturated rings. The van der Waals surface area contributed by atoms with E-state index in [0.717, 1.165) is 31.6 Å². The molecule has 3 atom stereocenters.